The molecule has 0 atom stereocenters. The fourth-order valence-electron chi connectivity index (χ4n) is 0.717. The summed E-state index contributed by atoms with van der Waals surface area (Å²) < 4.78 is 0. The lowest BCUT2D eigenvalue weighted by molar-refractivity contribution is 0.823. The van der Waals surface area contributed by atoms with Gasteiger partial charge in [0.1, 0.15) is 0 Å². The molecule has 1 aromatic heterocycles. The Labute approximate surface area is 69.5 Å². The molecule has 0 N–H and O–H groups in total. The van der Waals surface area contributed by atoms with E-state index in [0.29, 0.717) is 5.92 Å². The predicted octanol–water partition coefficient (Wildman–Crippen LogP) is 3.23. The normalized spacial score (nSPS) is 8.82. The molecular weight excluding hydrogens is 134 g/mol. The summed E-state index contributed by atoms with van der Waals surface area (Å²) in [7, 11) is 0. The van der Waals surface area contributed by atoms with Crippen LogP contribution in [0.3, 0.4) is 0 Å². The quantitative estimate of drug-likeness (QED) is 0.600. The molecule has 0 fully saturated rings. The van der Waals surface area contributed by atoms with E-state index in [1.54, 1.807) is 0 Å². The maximum Gasteiger partial charge on any atom is 0.0428 e. The lowest BCUT2D eigenvalue weighted by Crippen LogP contribution is -1.88. The lowest BCUT2D eigenvalue weighted by atomic mass is 10.1. The number of hydrogen-bond acceptors (Lipinski definition) is 1. The van der Waals surface area contributed by atoms with Gasteiger partial charge in [-0.1, -0.05) is 33.8 Å². The highest BCUT2D eigenvalue weighted by Gasteiger charge is 1.95. The predicted molar refractivity (Wildman–Crippen MR) is 49.7 cm³/mol. The Hall–Kier alpha value is -0.850. The van der Waals surface area contributed by atoms with Crippen LogP contribution in [0.2, 0.25) is 0 Å². The van der Waals surface area contributed by atoms with Crippen molar-refractivity contribution < 1.29 is 0 Å². The fourth-order valence-corrected chi connectivity index (χ4v) is 0.717. The minimum absolute atomic E-state index is 0.547. The molecule has 1 heteroatoms. The summed E-state index contributed by atoms with van der Waals surface area (Å²) in [4.78, 5) is 4.18. The first-order chi connectivity index (χ1) is 5.30. The summed E-state index contributed by atoms with van der Waals surface area (Å²) >= 11 is 0. The van der Waals surface area contributed by atoms with Gasteiger partial charge in [0.05, 0.1) is 0 Å². The van der Waals surface area contributed by atoms with Crippen LogP contribution >= 0.6 is 0 Å². The summed E-state index contributed by atoms with van der Waals surface area (Å²) in [5.41, 5.74) is 1.16. The van der Waals surface area contributed by atoms with Crippen LogP contribution in [0.4, 0.5) is 0 Å². The van der Waals surface area contributed by atoms with Crippen LogP contribution in [-0.4, -0.2) is 4.98 Å². The smallest absolute Gasteiger partial charge is 0.0428 e. The van der Waals surface area contributed by atoms with Crippen LogP contribution in [0.5, 0.6) is 0 Å². The largest absolute Gasteiger partial charge is 0.261 e. The van der Waals surface area contributed by atoms with Crippen LogP contribution in [-0.2, 0) is 0 Å². The molecule has 11 heavy (non-hydrogen) atoms. The van der Waals surface area contributed by atoms with Gasteiger partial charge < -0.3 is 0 Å². The number of nitrogens with zero attached hydrogens (tertiary/aromatic N) is 1. The van der Waals surface area contributed by atoms with Gasteiger partial charge in [-0.15, -0.1) is 0 Å². The topological polar surface area (TPSA) is 12.9 Å². The molecule has 1 nitrogen and oxygen atoms in total. The molecule has 0 radical (unpaired) electrons. The minimum atomic E-state index is 0.547. The van der Waals surface area contributed by atoms with Gasteiger partial charge in [0.15, 0.2) is 0 Å². The number of hydrogen-bond donors (Lipinski definition) is 0. The van der Waals surface area contributed by atoms with Gasteiger partial charge in [-0.3, -0.25) is 4.98 Å². The summed E-state index contributed by atoms with van der Waals surface area (Å²) in [6.07, 6.45) is 1.83. The van der Waals surface area contributed by atoms with Gasteiger partial charge in [0.2, 0.25) is 0 Å². The van der Waals surface area contributed by atoms with Crippen molar-refractivity contribution in [3.05, 3.63) is 30.1 Å². The van der Waals surface area contributed by atoms with E-state index >= 15 is 0 Å². The third-order valence-electron chi connectivity index (χ3n) is 1.28. The van der Waals surface area contributed by atoms with E-state index in [4.69, 9.17) is 0 Å². The Kier molecular flexibility index (Phi) is 5.44. The molecule has 62 valence electrons. The van der Waals surface area contributed by atoms with E-state index in [2.05, 4.69) is 18.8 Å². The molecule has 0 aliphatic heterocycles. The summed E-state index contributed by atoms with van der Waals surface area (Å²) in [5.74, 6) is 0.547. The first kappa shape index (κ1) is 10.2. The molecule has 0 aliphatic carbocycles. The SMILES string of the molecule is CC.CC(C)c1ccccn1. The highest BCUT2D eigenvalue weighted by Crippen LogP contribution is 2.08. The molecule has 1 aromatic rings. The number of rotatable bonds is 1. The van der Waals surface area contributed by atoms with E-state index in [0.717, 1.165) is 5.69 Å². The fraction of sp³-hybridized carbons (Fsp3) is 0.500. The average Bonchev–Trinajstić information content (AvgIpc) is 2.10. The van der Waals surface area contributed by atoms with E-state index in [1.807, 2.05) is 38.2 Å². The van der Waals surface area contributed by atoms with Gasteiger partial charge in [0, 0.05) is 11.9 Å². The van der Waals surface area contributed by atoms with Crippen LogP contribution in [0, 0.1) is 0 Å². The zero-order chi connectivity index (χ0) is 8.69. The molecule has 0 spiro atoms. The van der Waals surface area contributed by atoms with Crippen molar-refractivity contribution in [2.75, 3.05) is 0 Å². The summed E-state index contributed by atoms with van der Waals surface area (Å²) in [6.45, 7) is 8.28. The van der Waals surface area contributed by atoms with Crippen molar-refractivity contribution in [2.45, 2.75) is 33.6 Å². The van der Waals surface area contributed by atoms with Crippen molar-refractivity contribution in [3.8, 4) is 0 Å². The Balaban J connectivity index is 0.000000461. The van der Waals surface area contributed by atoms with Crippen LogP contribution in [0.15, 0.2) is 24.4 Å². The second-order valence-corrected chi connectivity index (χ2v) is 2.41. The molecule has 0 unspecified atom stereocenters. The second kappa shape index (κ2) is 5.90. The van der Waals surface area contributed by atoms with Crippen molar-refractivity contribution in [1.82, 2.24) is 4.98 Å². The van der Waals surface area contributed by atoms with Gasteiger partial charge in [-0.2, -0.15) is 0 Å². The van der Waals surface area contributed by atoms with Crippen molar-refractivity contribution in [2.24, 2.45) is 0 Å². The molecule has 0 saturated heterocycles. The Morgan fingerprint density at radius 3 is 2.09 bits per heavy atom. The number of aromatic nitrogens is 1. The van der Waals surface area contributed by atoms with Crippen molar-refractivity contribution >= 4 is 0 Å². The zero-order valence-corrected chi connectivity index (χ0v) is 7.83. The van der Waals surface area contributed by atoms with E-state index in [1.165, 1.54) is 0 Å². The standard InChI is InChI=1S/C8H11N.C2H6/c1-7(2)8-5-3-4-6-9-8;1-2/h3-7H,1-2H3;1-2H3. The summed E-state index contributed by atoms with van der Waals surface area (Å²) in [5, 5.41) is 0. The van der Waals surface area contributed by atoms with E-state index < -0.39 is 0 Å². The molecule has 0 amide bonds. The van der Waals surface area contributed by atoms with Gasteiger partial charge in [-0.05, 0) is 18.1 Å². The Morgan fingerprint density at radius 2 is 1.82 bits per heavy atom. The maximum atomic E-state index is 4.18. The molecule has 0 aliphatic rings. The number of pyridine rings is 1. The molecule has 0 bridgehead atoms. The van der Waals surface area contributed by atoms with Crippen molar-refractivity contribution in [3.63, 3.8) is 0 Å². The Morgan fingerprint density at radius 1 is 1.18 bits per heavy atom. The van der Waals surface area contributed by atoms with Gasteiger partial charge >= 0.3 is 0 Å². The third-order valence-corrected chi connectivity index (χ3v) is 1.28. The molecule has 0 saturated carbocycles. The molecule has 1 rings (SSSR count). The second-order valence-electron chi connectivity index (χ2n) is 2.41. The first-order valence-corrected chi connectivity index (χ1v) is 4.21. The van der Waals surface area contributed by atoms with Crippen LogP contribution < -0.4 is 0 Å². The van der Waals surface area contributed by atoms with Crippen LogP contribution in [0.25, 0.3) is 0 Å². The Bertz CT molecular complexity index is 167. The highest BCUT2D eigenvalue weighted by molar-refractivity contribution is 5.06. The molecule has 0 aromatic carbocycles. The first-order valence-electron chi connectivity index (χ1n) is 4.21. The zero-order valence-electron chi connectivity index (χ0n) is 7.83. The monoisotopic (exact) mass is 151 g/mol. The maximum absolute atomic E-state index is 4.18. The van der Waals surface area contributed by atoms with E-state index in [-0.39, 0.29) is 0 Å². The molecule has 1 heterocycles. The van der Waals surface area contributed by atoms with Gasteiger partial charge in [-0.25, -0.2) is 0 Å². The highest BCUT2D eigenvalue weighted by atomic mass is 14.7. The average molecular weight is 151 g/mol. The lowest BCUT2D eigenvalue weighted by Gasteiger charge is -2.00. The van der Waals surface area contributed by atoms with Crippen molar-refractivity contribution in [1.29, 1.82) is 0 Å². The van der Waals surface area contributed by atoms with Gasteiger partial charge in [0.25, 0.3) is 0 Å². The summed E-state index contributed by atoms with van der Waals surface area (Å²) in [6, 6.07) is 6.00. The van der Waals surface area contributed by atoms with E-state index in [9.17, 15) is 0 Å². The van der Waals surface area contributed by atoms with Crippen LogP contribution in [0.1, 0.15) is 39.3 Å². The molecular formula is C10H17N. The third kappa shape index (κ3) is 3.76. The minimum Gasteiger partial charge on any atom is -0.261 e.